The molecule has 2 nitrogen and oxygen atoms in total. The fraction of sp³-hybridized carbons (Fsp3) is 0.360. The van der Waals surface area contributed by atoms with Crippen LogP contribution in [-0.2, 0) is 0 Å². The lowest BCUT2D eigenvalue weighted by Crippen LogP contribution is -2.30. The number of benzene rings is 2. The standard InChI is InChI=1S/C25H34N2/c1-3-26(4-2)22-13-23-27(20-11-18-24-14-7-5-8-15-24)21-12-19-25-16-9-6-10-17-25/h5-12,14-19H,3-4,13,20-23H2,1-2H3. The first kappa shape index (κ1) is 21.1. The maximum atomic E-state index is 2.52. The first-order valence-electron chi connectivity index (χ1n) is 10.2. The van der Waals surface area contributed by atoms with Gasteiger partial charge in [0.25, 0.3) is 0 Å². The van der Waals surface area contributed by atoms with Gasteiger partial charge in [-0.25, -0.2) is 0 Å². The van der Waals surface area contributed by atoms with E-state index in [0.29, 0.717) is 0 Å². The van der Waals surface area contributed by atoms with Gasteiger partial charge in [0, 0.05) is 19.6 Å². The molecule has 0 aliphatic heterocycles. The Morgan fingerprint density at radius 3 is 1.52 bits per heavy atom. The highest BCUT2D eigenvalue weighted by Gasteiger charge is 2.03. The van der Waals surface area contributed by atoms with E-state index in [9.17, 15) is 0 Å². The van der Waals surface area contributed by atoms with Crippen LogP contribution in [0.1, 0.15) is 31.4 Å². The summed E-state index contributed by atoms with van der Waals surface area (Å²) in [6, 6.07) is 21.1. The Hall–Kier alpha value is -2.16. The third-order valence-electron chi connectivity index (χ3n) is 4.79. The van der Waals surface area contributed by atoms with E-state index < -0.39 is 0 Å². The van der Waals surface area contributed by atoms with Gasteiger partial charge in [-0.3, -0.25) is 4.90 Å². The predicted molar refractivity (Wildman–Crippen MR) is 120 cm³/mol. The molecule has 0 atom stereocenters. The predicted octanol–water partition coefficient (Wildman–Crippen LogP) is 5.45. The number of nitrogens with zero attached hydrogens (tertiary/aromatic N) is 2. The Balaban J connectivity index is 1.88. The molecule has 0 fully saturated rings. The van der Waals surface area contributed by atoms with Crippen LogP contribution in [0.3, 0.4) is 0 Å². The first-order valence-corrected chi connectivity index (χ1v) is 10.2. The molecule has 0 spiro atoms. The fourth-order valence-corrected chi connectivity index (χ4v) is 3.12. The minimum atomic E-state index is 0.978. The average molecular weight is 363 g/mol. The number of hydrogen-bond acceptors (Lipinski definition) is 2. The normalized spacial score (nSPS) is 12.0. The lowest BCUT2D eigenvalue weighted by molar-refractivity contribution is 0.262. The Bertz CT molecular complexity index is 606. The molecule has 2 heteroatoms. The quantitative estimate of drug-likeness (QED) is 0.495. The lowest BCUT2D eigenvalue weighted by atomic mass is 10.2. The van der Waals surface area contributed by atoms with Gasteiger partial charge in [-0.15, -0.1) is 0 Å². The maximum Gasteiger partial charge on any atom is 0.0169 e. The first-order chi connectivity index (χ1) is 13.3. The van der Waals surface area contributed by atoms with Crippen LogP contribution in [0.25, 0.3) is 12.2 Å². The summed E-state index contributed by atoms with van der Waals surface area (Å²) in [4.78, 5) is 5.01. The largest absolute Gasteiger partial charge is 0.304 e. The molecule has 0 aliphatic carbocycles. The summed E-state index contributed by atoms with van der Waals surface area (Å²) in [6.07, 6.45) is 10.2. The van der Waals surface area contributed by atoms with Crippen molar-refractivity contribution >= 4 is 12.2 Å². The van der Waals surface area contributed by atoms with Gasteiger partial charge < -0.3 is 4.90 Å². The molecule has 144 valence electrons. The van der Waals surface area contributed by atoms with Crippen molar-refractivity contribution in [2.24, 2.45) is 0 Å². The van der Waals surface area contributed by atoms with Crippen LogP contribution in [0, 0.1) is 0 Å². The third-order valence-corrected chi connectivity index (χ3v) is 4.79. The van der Waals surface area contributed by atoms with Crippen molar-refractivity contribution in [2.75, 3.05) is 39.3 Å². The van der Waals surface area contributed by atoms with Crippen LogP contribution in [0.4, 0.5) is 0 Å². The van der Waals surface area contributed by atoms with Crippen molar-refractivity contribution in [3.8, 4) is 0 Å². The monoisotopic (exact) mass is 362 g/mol. The van der Waals surface area contributed by atoms with Crippen molar-refractivity contribution in [3.63, 3.8) is 0 Å². The molecule has 2 aromatic carbocycles. The van der Waals surface area contributed by atoms with Crippen LogP contribution in [0.5, 0.6) is 0 Å². The minimum absolute atomic E-state index is 0.978. The fourth-order valence-electron chi connectivity index (χ4n) is 3.12. The second-order valence-electron chi connectivity index (χ2n) is 6.77. The van der Waals surface area contributed by atoms with E-state index in [1.165, 1.54) is 24.1 Å². The maximum absolute atomic E-state index is 2.52. The molecule has 0 aliphatic rings. The van der Waals surface area contributed by atoms with Crippen molar-refractivity contribution in [3.05, 3.63) is 83.9 Å². The van der Waals surface area contributed by atoms with E-state index in [-0.39, 0.29) is 0 Å². The molecule has 27 heavy (non-hydrogen) atoms. The Morgan fingerprint density at radius 2 is 1.07 bits per heavy atom. The smallest absolute Gasteiger partial charge is 0.0169 e. The highest BCUT2D eigenvalue weighted by Crippen LogP contribution is 2.04. The van der Waals surface area contributed by atoms with Crippen LogP contribution in [0.2, 0.25) is 0 Å². The highest BCUT2D eigenvalue weighted by atomic mass is 15.1. The Labute approximate surface area is 165 Å². The van der Waals surface area contributed by atoms with Crippen molar-refractivity contribution in [2.45, 2.75) is 20.3 Å². The van der Waals surface area contributed by atoms with E-state index in [0.717, 1.165) is 32.7 Å². The zero-order valence-electron chi connectivity index (χ0n) is 16.9. The molecular formula is C25H34N2. The summed E-state index contributed by atoms with van der Waals surface area (Å²) < 4.78 is 0. The van der Waals surface area contributed by atoms with Gasteiger partial charge in [0.05, 0.1) is 0 Å². The molecule has 0 radical (unpaired) electrons. The zero-order valence-corrected chi connectivity index (χ0v) is 16.9. The SMILES string of the molecule is CCN(CC)CCCN(CC=Cc1ccccc1)CC=Cc1ccccc1. The van der Waals surface area contributed by atoms with Crippen molar-refractivity contribution in [1.82, 2.24) is 9.80 Å². The van der Waals surface area contributed by atoms with E-state index in [4.69, 9.17) is 0 Å². The molecule has 0 bridgehead atoms. The van der Waals surface area contributed by atoms with E-state index in [2.05, 4.69) is 109 Å². The van der Waals surface area contributed by atoms with Gasteiger partial charge in [-0.2, -0.15) is 0 Å². The number of rotatable bonds is 12. The van der Waals surface area contributed by atoms with Gasteiger partial charge in [0.2, 0.25) is 0 Å². The summed E-state index contributed by atoms with van der Waals surface area (Å²) in [5.74, 6) is 0. The summed E-state index contributed by atoms with van der Waals surface area (Å²) in [6.45, 7) is 11.0. The van der Waals surface area contributed by atoms with Gasteiger partial charge in [0.15, 0.2) is 0 Å². The van der Waals surface area contributed by atoms with E-state index in [1.807, 2.05) is 0 Å². The molecule has 2 aromatic rings. The second kappa shape index (κ2) is 13.1. The van der Waals surface area contributed by atoms with Crippen LogP contribution in [0.15, 0.2) is 72.8 Å². The number of hydrogen-bond donors (Lipinski definition) is 0. The van der Waals surface area contributed by atoms with E-state index in [1.54, 1.807) is 0 Å². The van der Waals surface area contributed by atoms with Gasteiger partial charge in [0.1, 0.15) is 0 Å². The van der Waals surface area contributed by atoms with Crippen LogP contribution < -0.4 is 0 Å². The minimum Gasteiger partial charge on any atom is -0.304 e. The van der Waals surface area contributed by atoms with Crippen LogP contribution in [-0.4, -0.2) is 49.1 Å². The third kappa shape index (κ3) is 8.85. The van der Waals surface area contributed by atoms with E-state index >= 15 is 0 Å². The molecule has 2 rings (SSSR count). The van der Waals surface area contributed by atoms with Gasteiger partial charge in [-0.1, -0.05) is 98.8 Å². The molecule has 0 saturated heterocycles. The lowest BCUT2D eigenvalue weighted by Gasteiger charge is -2.22. The van der Waals surface area contributed by atoms with Gasteiger partial charge in [-0.05, 0) is 37.2 Å². The molecule has 0 aromatic heterocycles. The highest BCUT2D eigenvalue weighted by molar-refractivity contribution is 5.49. The Morgan fingerprint density at radius 1 is 0.630 bits per heavy atom. The topological polar surface area (TPSA) is 6.48 Å². The summed E-state index contributed by atoms with van der Waals surface area (Å²) in [5.41, 5.74) is 2.53. The molecular weight excluding hydrogens is 328 g/mol. The molecule has 0 unspecified atom stereocenters. The molecule has 0 saturated carbocycles. The summed E-state index contributed by atoms with van der Waals surface area (Å²) >= 11 is 0. The van der Waals surface area contributed by atoms with Crippen LogP contribution >= 0.6 is 0 Å². The molecule has 0 N–H and O–H groups in total. The second-order valence-corrected chi connectivity index (χ2v) is 6.77. The Kier molecular flexibility index (Phi) is 10.2. The van der Waals surface area contributed by atoms with Crippen molar-refractivity contribution in [1.29, 1.82) is 0 Å². The summed E-state index contributed by atoms with van der Waals surface area (Å²) in [7, 11) is 0. The van der Waals surface area contributed by atoms with Crippen molar-refractivity contribution < 1.29 is 0 Å². The average Bonchev–Trinajstić information content (AvgIpc) is 2.72. The van der Waals surface area contributed by atoms with Gasteiger partial charge >= 0.3 is 0 Å². The zero-order chi connectivity index (χ0) is 19.2. The molecule has 0 amide bonds. The molecule has 0 heterocycles. The summed E-state index contributed by atoms with van der Waals surface area (Å²) in [5, 5.41) is 0.